The maximum Gasteiger partial charge on any atom is 0.308 e. The van der Waals surface area contributed by atoms with E-state index in [-0.39, 0.29) is 18.1 Å². The number of benzene rings is 1. The van der Waals surface area contributed by atoms with Crippen molar-refractivity contribution in [3.63, 3.8) is 0 Å². The standard InChI is InChI=1S/C13H14FNO3/c1-15-11(16)7-6-10(13(17)18)12(15)8-2-4-9(14)5-3-8/h2-5,10,12H,6-7H2,1H3,(H,17,18)/t10-,12+/m0/s1. The fourth-order valence-corrected chi connectivity index (χ4v) is 2.41. The van der Waals surface area contributed by atoms with E-state index in [0.29, 0.717) is 12.0 Å². The highest BCUT2D eigenvalue weighted by atomic mass is 19.1. The zero-order chi connectivity index (χ0) is 13.3. The Bertz CT molecular complexity index is 472. The summed E-state index contributed by atoms with van der Waals surface area (Å²) >= 11 is 0. The summed E-state index contributed by atoms with van der Waals surface area (Å²) in [5.41, 5.74) is 0.652. The van der Waals surface area contributed by atoms with Crippen molar-refractivity contribution in [2.24, 2.45) is 5.92 Å². The molecule has 1 fully saturated rings. The predicted molar refractivity (Wildman–Crippen MR) is 62.3 cm³/mol. The first-order chi connectivity index (χ1) is 8.50. The fraction of sp³-hybridized carbons (Fsp3) is 0.385. The van der Waals surface area contributed by atoms with E-state index in [1.165, 1.54) is 29.2 Å². The molecule has 0 aliphatic carbocycles. The average Bonchev–Trinajstić information content (AvgIpc) is 2.33. The lowest BCUT2D eigenvalue weighted by Crippen LogP contribution is -2.42. The number of carbonyl (C=O) groups excluding carboxylic acids is 1. The number of carbonyl (C=O) groups is 2. The molecule has 5 heteroatoms. The molecule has 0 spiro atoms. The van der Waals surface area contributed by atoms with Crippen molar-refractivity contribution in [1.82, 2.24) is 4.90 Å². The summed E-state index contributed by atoms with van der Waals surface area (Å²) in [6.07, 6.45) is 0.561. The number of hydrogen-bond donors (Lipinski definition) is 1. The topological polar surface area (TPSA) is 57.6 Å². The minimum absolute atomic E-state index is 0.0816. The Balaban J connectivity index is 2.37. The van der Waals surface area contributed by atoms with Gasteiger partial charge in [0.05, 0.1) is 12.0 Å². The lowest BCUT2D eigenvalue weighted by Gasteiger charge is -2.37. The zero-order valence-corrected chi connectivity index (χ0v) is 9.97. The van der Waals surface area contributed by atoms with Crippen molar-refractivity contribution in [3.8, 4) is 0 Å². The van der Waals surface area contributed by atoms with E-state index in [1.807, 2.05) is 0 Å². The van der Waals surface area contributed by atoms with Gasteiger partial charge in [0.2, 0.25) is 5.91 Å². The lowest BCUT2D eigenvalue weighted by molar-refractivity contribution is -0.150. The summed E-state index contributed by atoms with van der Waals surface area (Å²) in [6.45, 7) is 0. The molecule has 2 rings (SSSR count). The van der Waals surface area contributed by atoms with Crippen molar-refractivity contribution in [3.05, 3.63) is 35.6 Å². The van der Waals surface area contributed by atoms with Gasteiger partial charge in [0.25, 0.3) is 0 Å². The molecule has 1 aromatic carbocycles. The van der Waals surface area contributed by atoms with Crippen LogP contribution in [0.3, 0.4) is 0 Å². The predicted octanol–water partition coefficient (Wildman–Crippen LogP) is 1.82. The summed E-state index contributed by atoms with van der Waals surface area (Å²) in [6, 6.07) is 5.10. The monoisotopic (exact) mass is 251 g/mol. The van der Waals surface area contributed by atoms with Crippen molar-refractivity contribution in [2.45, 2.75) is 18.9 Å². The number of carboxylic acid groups (broad SMARTS) is 1. The molecule has 18 heavy (non-hydrogen) atoms. The molecule has 1 heterocycles. The van der Waals surface area contributed by atoms with Crippen molar-refractivity contribution in [2.75, 3.05) is 7.05 Å². The van der Waals surface area contributed by atoms with Crippen LogP contribution in [0.1, 0.15) is 24.4 Å². The second-order valence-corrected chi connectivity index (χ2v) is 4.48. The van der Waals surface area contributed by atoms with Crippen LogP contribution in [0.15, 0.2) is 24.3 Å². The molecular weight excluding hydrogens is 237 g/mol. The van der Waals surface area contributed by atoms with Crippen LogP contribution in [0.4, 0.5) is 4.39 Å². The van der Waals surface area contributed by atoms with E-state index in [2.05, 4.69) is 0 Å². The van der Waals surface area contributed by atoms with Gasteiger partial charge >= 0.3 is 5.97 Å². The number of carboxylic acids is 1. The summed E-state index contributed by atoms with van der Waals surface area (Å²) in [5, 5.41) is 9.22. The molecule has 1 amide bonds. The molecule has 1 aromatic rings. The van der Waals surface area contributed by atoms with E-state index in [1.54, 1.807) is 7.05 Å². The molecule has 1 aliphatic rings. The number of rotatable bonds is 2. The van der Waals surface area contributed by atoms with Gasteiger partial charge in [-0.05, 0) is 24.1 Å². The number of aliphatic carboxylic acids is 1. The van der Waals surface area contributed by atoms with Gasteiger partial charge in [-0.25, -0.2) is 4.39 Å². The summed E-state index contributed by atoms with van der Waals surface area (Å²) in [4.78, 5) is 24.4. The molecule has 2 atom stereocenters. The maximum atomic E-state index is 12.9. The van der Waals surface area contributed by atoms with Crippen LogP contribution in [0.25, 0.3) is 0 Å². The second kappa shape index (κ2) is 4.76. The van der Waals surface area contributed by atoms with Crippen LogP contribution in [-0.2, 0) is 9.59 Å². The highest BCUT2D eigenvalue weighted by Gasteiger charge is 2.38. The number of likely N-dealkylation sites (tertiary alicyclic amines) is 1. The first-order valence-corrected chi connectivity index (χ1v) is 5.74. The summed E-state index contributed by atoms with van der Waals surface area (Å²) in [7, 11) is 1.59. The molecular formula is C13H14FNO3. The summed E-state index contributed by atoms with van der Waals surface area (Å²) in [5.74, 6) is -2.03. The van der Waals surface area contributed by atoms with Gasteiger partial charge in [0, 0.05) is 13.5 Å². The molecule has 0 aromatic heterocycles. The highest BCUT2D eigenvalue weighted by Crippen LogP contribution is 2.35. The maximum absolute atomic E-state index is 12.9. The molecule has 0 unspecified atom stereocenters. The molecule has 4 nitrogen and oxygen atoms in total. The Kier molecular flexibility index (Phi) is 3.32. The Morgan fingerprint density at radius 3 is 2.56 bits per heavy atom. The van der Waals surface area contributed by atoms with Gasteiger partial charge in [-0.15, -0.1) is 0 Å². The SMILES string of the molecule is CN1C(=O)CC[C@H](C(=O)O)[C@H]1c1ccc(F)cc1. The number of nitrogens with zero attached hydrogens (tertiary/aromatic N) is 1. The Morgan fingerprint density at radius 1 is 1.39 bits per heavy atom. The molecule has 96 valence electrons. The minimum atomic E-state index is -0.927. The molecule has 0 saturated carbocycles. The van der Waals surface area contributed by atoms with Crippen LogP contribution >= 0.6 is 0 Å². The third-order valence-corrected chi connectivity index (χ3v) is 3.39. The fourth-order valence-electron chi connectivity index (χ4n) is 2.41. The minimum Gasteiger partial charge on any atom is -0.481 e. The van der Waals surface area contributed by atoms with Crippen LogP contribution < -0.4 is 0 Å². The summed E-state index contributed by atoms with van der Waals surface area (Å²) < 4.78 is 12.9. The van der Waals surface area contributed by atoms with Crippen molar-refractivity contribution < 1.29 is 19.1 Å². The third kappa shape index (κ3) is 2.20. The van der Waals surface area contributed by atoms with Gasteiger partial charge in [-0.3, -0.25) is 9.59 Å². The number of piperidine rings is 1. The average molecular weight is 251 g/mol. The number of hydrogen-bond acceptors (Lipinski definition) is 2. The van der Waals surface area contributed by atoms with Gasteiger partial charge in [0.15, 0.2) is 0 Å². The lowest BCUT2D eigenvalue weighted by atomic mass is 9.85. The Morgan fingerprint density at radius 2 is 2.00 bits per heavy atom. The van der Waals surface area contributed by atoms with Gasteiger partial charge in [0.1, 0.15) is 5.82 Å². The van der Waals surface area contributed by atoms with Gasteiger partial charge in [-0.1, -0.05) is 12.1 Å². The van der Waals surface area contributed by atoms with Crippen LogP contribution in [-0.4, -0.2) is 28.9 Å². The highest BCUT2D eigenvalue weighted by molar-refractivity contribution is 5.81. The van der Waals surface area contributed by atoms with Crippen LogP contribution in [0.5, 0.6) is 0 Å². The van der Waals surface area contributed by atoms with Crippen LogP contribution in [0.2, 0.25) is 0 Å². The molecule has 1 N–H and O–H groups in total. The van der Waals surface area contributed by atoms with E-state index >= 15 is 0 Å². The second-order valence-electron chi connectivity index (χ2n) is 4.48. The number of halogens is 1. The molecule has 1 saturated heterocycles. The first-order valence-electron chi connectivity index (χ1n) is 5.74. The third-order valence-electron chi connectivity index (χ3n) is 3.39. The molecule has 1 aliphatic heterocycles. The van der Waals surface area contributed by atoms with Gasteiger partial charge < -0.3 is 10.0 Å². The first kappa shape index (κ1) is 12.5. The van der Waals surface area contributed by atoms with Crippen molar-refractivity contribution >= 4 is 11.9 Å². The zero-order valence-electron chi connectivity index (χ0n) is 9.97. The van der Waals surface area contributed by atoms with Crippen LogP contribution in [0, 0.1) is 11.7 Å². The van der Waals surface area contributed by atoms with E-state index in [4.69, 9.17) is 0 Å². The normalized spacial score (nSPS) is 24.1. The number of amides is 1. The smallest absolute Gasteiger partial charge is 0.308 e. The molecule has 0 radical (unpaired) electrons. The van der Waals surface area contributed by atoms with Crippen molar-refractivity contribution in [1.29, 1.82) is 0 Å². The van der Waals surface area contributed by atoms with E-state index in [0.717, 1.165) is 0 Å². The quantitative estimate of drug-likeness (QED) is 0.872. The Labute approximate surface area is 104 Å². The van der Waals surface area contributed by atoms with E-state index < -0.39 is 17.9 Å². The van der Waals surface area contributed by atoms with E-state index in [9.17, 15) is 19.1 Å². The Hall–Kier alpha value is -1.91. The largest absolute Gasteiger partial charge is 0.481 e. The molecule has 0 bridgehead atoms. The van der Waals surface area contributed by atoms with Gasteiger partial charge in [-0.2, -0.15) is 0 Å².